The minimum Gasteiger partial charge on any atom is -0.376 e. The van der Waals surface area contributed by atoms with Gasteiger partial charge in [0.1, 0.15) is 0 Å². The molecule has 6 heteroatoms. The van der Waals surface area contributed by atoms with E-state index in [9.17, 15) is 10.0 Å². The Labute approximate surface area is 110 Å². The number of hydroxylamine groups is 2. The van der Waals surface area contributed by atoms with Crippen LogP contribution in [0.2, 0.25) is 0 Å². The maximum atomic E-state index is 10.7. The van der Waals surface area contributed by atoms with E-state index in [0.29, 0.717) is 30.1 Å². The molecule has 1 aliphatic rings. The summed E-state index contributed by atoms with van der Waals surface area (Å²) in [5, 5.41) is 9.86. The number of amides is 2. The molecule has 0 bridgehead atoms. The Balaban J connectivity index is 1.83. The number of thiophene rings is 1. The third-order valence-corrected chi connectivity index (χ3v) is 4.27. The van der Waals surface area contributed by atoms with Crippen LogP contribution in [-0.2, 0) is 11.3 Å². The quantitative estimate of drug-likeness (QED) is 0.614. The second kappa shape index (κ2) is 5.69. The van der Waals surface area contributed by atoms with Gasteiger partial charge >= 0.3 is 6.03 Å². The van der Waals surface area contributed by atoms with Crippen LogP contribution in [0, 0.1) is 5.92 Å². The van der Waals surface area contributed by atoms with Gasteiger partial charge in [0.25, 0.3) is 0 Å². The lowest BCUT2D eigenvalue weighted by atomic mass is 10.2. The molecule has 0 aromatic carbocycles. The van der Waals surface area contributed by atoms with Crippen molar-refractivity contribution in [3.05, 3.63) is 21.9 Å². The second-order valence-corrected chi connectivity index (χ2v) is 5.66. The predicted molar refractivity (Wildman–Crippen MR) is 68.6 cm³/mol. The average molecular weight is 270 g/mol. The number of rotatable bonds is 6. The van der Waals surface area contributed by atoms with Crippen molar-refractivity contribution in [1.82, 2.24) is 5.06 Å². The Bertz CT molecular complexity index is 421. The van der Waals surface area contributed by atoms with Gasteiger partial charge in [-0.05, 0) is 37.3 Å². The van der Waals surface area contributed by atoms with Crippen LogP contribution < -0.4 is 5.73 Å². The molecule has 2 amide bonds. The summed E-state index contributed by atoms with van der Waals surface area (Å²) in [5.41, 5.74) is 4.98. The van der Waals surface area contributed by atoms with Crippen LogP contribution in [-0.4, -0.2) is 29.5 Å². The summed E-state index contributed by atoms with van der Waals surface area (Å²) in [7, 11) is 0. The van der Waals surface area contributed by atoms with E-state index >= 15 is 0 Å². The first-order valence-electron chi connectivity index (χ1n) is 6.04. The zero-order chi connectivity index (χ0) is 13.1. The highest BCUT2D eigenvalue weighted by Gasteiger charge is 2.40. The van der Waals surface area contributed by atoms with E-state index < -0.39 is 6.03 Å². The molecular formula is C12H18N2O3S. The monoisotopic (exact) mass is 270 g/mol. The summed E-state index contributed by atoms with van der Waals surface area (Å²) in [6, 6.07) is 3.40. The van der Waals surface area contributed by atoms with E-state index in [1.165, 1.54) is 9.75 Å². The molecule has 18 heavy (non-hydrogen) atoms. The van der Waals surface area contributed by atoms with Gasteiger partial charge in [0.15, 0.2) is 0 Å². The zero-order valence-electron chi connectivity index (χ0n) is 10.3. The molecule has 5 nitrogen and oxygen atoms in total. The minimum atomic E-state index is -0.788. The Morgan fingerprint density at radius 3 is 3.11 bits per heavy atom. The van der Waals surface area contributed by atoms with E-state index in [1.807, 2.05) is 6.92 Å². The van der Waals surface area contributed by atoms with Crippen LogP contribution in [0.4, 0.5) is 4.79 Å². The van der Waals surface area contributed by atoms with Crippen molar-refractivity contribution in [1.29, 1.82) is 0 Å². The fourth-order valence-corrected chi connectivity index (χ4v) is 3.14. The highest BCUT2D eigenvalue weighted by atomic mass is 32.1. The molecule has 2 atom stereocenters. The molecule has 0 unspecified atom stereocenters. The molecule has 1 fully saturated rings. The fourth-order valence-electron chi connectivity index (χ4n) is 1.98. The SMILES string of the molecule is CCOCc1ccc([C@@H]2C[C@H]2CN(O)C(N)=O)s1. The van der Waals surface area contributed by atoms with Crippen molar-refractivity contribution < 1.29 is 14.7 Å². The molecule has 1 saturated carbocycles. The molecule has 0 spiro atoms. The van der Waals surface area contributed by atoms with Crippen molar-refractivity contribution in [2.45, 2.75) is 25.9 Å². The first-order chi connectivity index (χ1) is 8.61. The lowest BCUT2D eigenvalue weighted by molar-refractivity contribution is -0.0431. The largest absolute Gasteiger partial charge is 0.376 e. The van der Waals surface area contributed by atoms with Crippen LogP contribution in [0.25, 0.3) is 0 Å². The molecule has 1 aromatic heterocycles. The maximum absolute atomic E-state index is 10.7. The van der Waals surface area contributed by atoms with E-state index in [4.69, 9.17) is 10.5 Å². The molecule has 2 rings (SSSR count). The van der Waals surface area contributed by atoms with Gasteiger partial charge in [-0.1, -0.05) is 0 Å². The van der Waals surface area contributed by atoms with Gasteiger partial charge in [0.05, 0.1) is 13.2 Å². The van der Waals surface area contributed by atoms with Crippen LogP contribution in [0.15, 0.2) is 12.1 Å². The van der Waals surface area contributed by atoms with Crippen molar-refractivity contribution in [2.75, 3.05) is 13.2 Å². The first kappa shape index (κ1) is 13.3. The maximum Gasteiger partial charge on any atom is 0.338 e. The topological polar surface area (TPSA) is 75.8 Å². The molecule has 100 valence electrons. The summed E-state index contributed by atoms with van der Waals surface area (Å²) in [6.45, 7) is 3.67. The standard InChI is InChI=1S/C12H18N2O3S/c1-2-17-7-9-3-4-11(18-9)10-5-8(10)6-14(16)12(13)15/h3-4,8,10,16H,2,5-7H2,1H3,(H2,13,15)/t8-,10+/m0/s1. The lowest BCUT2D eigenvalue weighted by Gasteiger charge is -2.10. The number of primary amides is 1. The van der Waals surface area contributed by atoms with E-state index in [-0.39, 0.29) is 0 Å². The molecule has 0 aliphatic heterocycles. The van der Waals surface area contributed by atoms with Gasteiger partial charge in [-0.15, -0.1) is 11.3 Å². The summed E-state index contributed by atoms with van der Waals surface area (Å²) >= 11 is 1.74. The van der Waals surface area contributed by atoms with E-state index in [0.717, 1.165) is 13.0 Å². The number of carbonyl (C=O) groups excluding carboxylic acids is 1. The van der Waals surface area contributed by atoms with Crippen molar-refractivity contribution >= 4 is 17.4 Å². The summed E-state index contributed by atoms with van der Waals surface area (Å²) < 4.78 is 5.36. The van der Waals surface area contributed by atoms with Crippen molar-refractivity contribution in [3.8, 4) is 0 Å². The molecular weight excluding hydrogens is 252 g/mol. The molecule has 0 radical (unpaired) electrons. The summed E-state index contributed by atoms with van der Waals surface area (Å²) in [6.07, 6.45) is 0.999. The second-order valence-electron chi connectivity index (χ2n) is 4.46. The van der Waals surface area contributed by atoms with Crippen LogP contribution in [0.3, 0.4) is 0 Å². The Morgan fingerprint density at radius 2 is 2.44 bits per heavy atom. The Morgan fingerprint density at radius 1 is 1.67 bits per heavy atom. The first-order valence-corrected chi connectivity index (χ1v) is 6.85. The third-order valence-electron chi connectivity index (χ3n) is 3.08. The van der Waals surface area contributed by atoms with Crippen LogP contribution >= 0.6 is 11.3 Å². The molecule has 1 aliphatic carbocycles. The number of hydrogen-bond donors (Lipinski definition) is 2. The molecule has 3 N–H and O–H groups in total. The number of hydrogen-bond acceptors (Lipinski definition) is 4. The number of ether oxygens (including phenoxy) is 1. The van der Waals surface area contributed by atoms with Gasteiger partial charge in [0, 0.05) is 16.4 Å². The third kappa shape index (κ3) is 3.22. The Hall–Kier alpha value is -1.11. The van der Waals surface area contributed by atoms with Gasteiger partial charge in [-0.3, -0.25) is 5.21 Å². The predicted octanol–water partition coefficient (Wildman–Crippen LogP) is 2.16. The Kier molecular flexibility index (Phi) is 4.21. The molecule has 0 saturated heterocycles. The van der Waals surface area contributed by atoms with Gasteiger partial charge < -0.3 is 10.5 Å². The van der Waals surface area contributed by atoms with Gasteiger partial charge in [-0.2, -0.15) is 0 Å². The van der Waals surface area contributed by atoms with E-state index in [1.54, 1.807) is 11.3 Å². The van der Waals surface area contributed by atoms with Crippen LogP contribution in [0.5, 0.6) is 0 Å². The average Bonchev–Trinajstić information content (AvgIpc) is 2.94. The van der Waals surface area contributed by atoms with Crippen molar-refractivity contribution in [2.24, 2.45) is 11.7 Å². The number of nitrogens with zero attached hydrogens (tertiary/aromatic N) is 1. The van der Waals surface area contributed by atoms with Crippen LogP contribution in [0.1, 0.15) is 29.0 Å². The normalized spacial score (nSPS) is 21.9. The van der Waals surface area contributed by atoms with Gasteiger partial charge in [-0.25, -0.2) is 9.86 Å². The fraction of sp³-hybridized carbons (Fsp3) is 0.583. The summed E-state index contributed by atoms with van der Waals surface area (Å²) in [5.74, 6) is 0.764. The van der Waals surface area contributed by atoms with Crippen molar-refractivity contribution in [3.63, 3.8) is 0 Å². The highest BCUT2D eigenvalue weighted by molar-refractivity contribution is 7.12. The minimum absolute atomic E-state index is 0.318. The lowest BCUT2D eigenvalue weighted by Crippen LogP contribution is -2.34. The molecule has 1 heterocycles. The zero-order valence-corrected chi connectivity index (χ0v) is 11.2. The van der Waals surface area contributed by atoms with E-state index in [2.05, 4.69) is 12.1 Å². The smallest absolute Gasteiger partial charge is 0.338 e. The summed E-state index contributed by atoms with van der Waals surface area (Å²) in [4.78, 5) is 13.2. The number of carbonyl (C=O) groups is 1. The molecule has 1 aromatic rings. The highest BCUT2D eigenvalue weighted by Crippen LogP contribution is 2.49. The number of nitrogens with two attached hydrogens (primary N) is 1. The van der Waals surface area contributed by atoms with Gasteiger partial charge in [0.2, 0.25) is 0 Å². The number of urea groups is 1.